The Labute approximate surface area is 149 Å². The van der Waals surface area contributed by atoms with Crippen molar-refractivity contribution < 1.29 is 4.79 Å². The lowest BCUT2D eigenvalue weighted by atomic mass is 10.2. The molecule has 0 bridgehead atoms. The van der Waals surface area contributed by atoms with Crippen molar-refractivity contribution in [3.8, 4) is 0 Å². The van der Waals surface area contributed by atoms with Crippen LogP contribution in [0.3, 0.4) is 0 Å². The molecule has 1 amide bonds. The number of hydrogen-bond acceptors (Lipinski definition) is 4. The molecular formula is C16H16Cl2N4O2. The van der Waals surface area contributed by atoms with Crippen molar-refractivity contribution in [2.24, 2.45) is 0 Å². The normalized spacial score (nSPS) is 14.0. The first-order valence-corrected chi connectivity index (χ1v) is 8.36. The Morgan fingerprint density at radius 3 is 2.50 bits per heavy atom. The van der Waals surface area contributed by atoms with Crippen LogP contribution in [-0.4, -0.2) is 28.8 Å². The summed E-state index contributed by atoms with van der Waals surface area (Å²) in [6, 6.07) is 7.64. The molecular weight excluding hydrogens is 351 g/mol. The maximum atomic E-state index is 12.1. The molecule has 8 heteroatoms. The minimum absolute atomic E-state index is 0.0656. The van der Waals surface area contributed by atoms with Gasteiger partial charge in [0, 0.05) is 24.5 Å². The zero-order chi connectivity index (χ0) is 17.1. The van der Waals surface area contributed by atoms with E-state index in [2.05, 4.69) is 15.3 Å². The van der Waals surface area contributed by atoms with Crippen LogP contribution in [0, 0.1) is 0 Å². The average molecular weight is 367 g/mol. The second kappa shape index (κ2) is 7.23. The second-order valence-electron chi connectivity index (χ2n) is 5.56. The smallest absolute Gasteiger partial charge is 0.287 e. The summed E-state index contributed by atoms with van der Waals surface area (Å²) in [5.74, 6) is -0.364. The van der Waals surface area contributed by atoms with Crippen molar-refractivity contribution in [3.05, 3.63) is 50.9 Å². The summed E-state index contributed by atoms with van der Waals surface area (Å²) in [6.45, 7) is 1.90. The van der Waals surface area contributed by atoms with Crippen LogP contribution in [0.5, 0.6) is 0 Å². The quantitative estimate of drug-likeness (QED) is 0.903. The Bertz CT molecular complexity index is 799. The monoisotopic (exact) mass is 366 g/mol. The van der Waals surface area contributed by atoms with E-state index in [0.29, 0.717) is 5.69 Å². The molecule has 0 atom stereocenters. The highest BCUT2D eigenvalue weighted by Gasteiger charge is 2.13. The van der Waals surface area contributed by atoms with Gasteiger partial charge in [0.15, 0.2) is 0 Å². The maximum Gasteiger partial charge on any atom is 0.287 e. The minimum Gasteiger partial charge on any atom is -0.372 e. The van der Waals surface area contributed by atoms with E-state index in [0.717, 1.165) is 23.5 Å². The van der Waals surface area contributed by atoms with Gasteiger partial charge in [-0.05, 0) is 37.1 Å². The number of nitrogens with zero attached hydrogens (tertiary/aromatic N) is 3. The molecule has 2 aromatic rings. The maximum absolute atomic E-state index is 12.1. The fourth-order valence-corrected chi connectivity index (χ4v) is 2.90. The number of amides is 1. The molecule has 2 heterocycles. The molecule has 1 saturated heterocycles. The van der Waals surface area contributed by atoms with Gasteiger partial charge in [-0.2, -0.15) is 5.10 Å². The largest absolute Gasteiger partial charge is 0.372 e. The number of halogens is 2. The van der Waals surface area contributed by atoms with Crippen LogP contribution < -0.4 is 15.8 Å². The predicted molar refractivity (Wildman–Crippen MR) is 95.0 cm³/mol. The van der Waals surface area contributed by atoms with Gasteiger partial charge in [0.25, 0.3) is 5.56 Å². The molecule has 0 spiro atoms. The van der Waals surface area contributed by atoms with Crippen LogP contribution >= 0.6 is 23.2 Å². The van der Waals surface area contributed by atoms with Gasteiger partial charge < -0.3 is 10.2 Å². The number of carbonyl (C=O) groups excluding carboxylic acids is 1. The first-order valence-electron chi connectivity index (χ1n) is 7.60. The molecule has 1 aliphatic rings. The highest BCUT2D eigenvalue weighted by molar-refractivity contribution is 6.41. The molecule has 1 aromatic carbocycles. The highest BCUT2D eigenvalue weighted by Crippen LogP contribution is 2.22. The van der Waals surface area contributed by atoms with E-state index in [1.807, 2.05) is 24.3 Å². The van der Waals surface area contributed by atoms with Crippen LogP contribution in [0.15, 0.2) is 35.3 Å². The third kappa shape index (κ3) is 3.71. The average Bonchev–Trinajstić information content (AvgIpc) is 3.11. The minimum atomic E-state index is -0.594. The van der Waals surface area contributed by atoms with Crippen molar-refractivity contribution in [1.82, 2.24) is 9.78 Å². The van der Waals surface area contributed by atoms with Crippen molar-refractivity contribution in [2.75, 3.05) is 23.3 Å². The van der Waals surface area contributed by atoms with Gasteiger partial charge >= 0.3 is 0 Å². The molecule has 1 aromatic heterocycles. The molecule has 1 aliphatic heterocycles. The van der Waals surface area contributed by atoms with Gasteiger partial charge in [-0.25, -0.2) is 4.68 Å². The number of benzene rings is 1. The van der Waals surface area contributed by atoms with Crippen LogP contribution in [0.25, 0.3) is 0 Å². The lowest BCUT2D eigenvalue weighted by Gasteiger charge is -2.17. The lowest BCUT2D eigenvalue weighted by molar-refractivity contribution is -0.117. The van der Waals surface area contributed by atoms with Gasteiger partial charge in [-0.3, -0.25) is 9.59 Å². The number of hydrogen-bond donors (Lipinski definition) is 1. The van der Waals surface area contributed by atoms with E-state index in [1.54, 1.807) is 0 Å². The summed E-state index contributed by atoms with van der Waals surface area (Å²) in [6.07, 6.45) is 3.66. The molecule has 6 nitrogen and oxygen atoms in total. The van der Waals surface area contributed by atoms with E-state index < -0.39 is 5.56 Å². The van der Waals surface area contributed by atoms with Crippen LogP contribution in [0.4, 0.5) is 11.4 Å². The third-order valence-electron chi connectivity index (χ3n) is 3.86. The summed E-state index contributed by atoms with van der Waals surface area (Å²) in [5.41, 5.74) is 1.22. The summed E-state index contributed by atoms with van der Waals surface area (Å²) in [5, 5.41) is 6.46. The van der Waals surface area contributed by atoms with Crippen LogP contribution in [0.1, 0.15) is 12.8 Å². The predicted octanol–water partition coefficient (Wildman–Crippen LogP) is 2.79. The standard InChI is InChI=1S/C16H16Cl2N4O2/c17-13-9-19-22(16(24)15(13)18)10-14(23)20-11-3-5-12(6-4-11)21-7-1-2-8-21/h3-6,9H,1-2,7-8,10H2,(H,20,23). The van der Waals surface area contributed by atoms with Crippen molar-refractivity contribution in [3.63, 3.8) is 0 Å². The van der Waals surface area contributed by atoms with Gasteiger partial charge in [0.2, 0.25) is 5.91 Å². The van der Waals surface area contributed by atoms with E-state index >= 15 is 0 Å². The van der Waals surface area contributed by atoms with E-state index in [1.165, 1.54) is 19.0 Å². The molecule has 0 radical (unpaired) electrons. The highest BCUT2D eigenvalue weighted by atomic mass is 35.5. The molecule has 0 unspecified atom stereocenters. The Balaban J connectivity index is 1.64. The summed E-state index contributed by atoms with van der Waals surface area (Å²) >= 11 is 11.5. The molecule has 0 aliphatic carbocycles. The first-order chi connectivity index (χ1) is 11.5. The molecule has 0 saturated carbocycles. The number of rotatable bonds is 4. The van der Waals surface area contributed by atoms with Gasteiger partial charge in [0.05, 0.1) is 11.2 Å². The SMILES string of the molecule is O=C(Cn1ncc(Cl)c(Cl)c1=O)Nc1ccc(N2CCCC2)cc1. The lowest BCUT2D eigenvalue weighted by Crippen LogP contribution is -2.29. The topological polar surface area (TPSA) is 67.2 Å². The van der Waals surface area contributed by atoms with Crippen LogP contribution in [-0.2, 0) is 11.3 Å². The number of anilines is 2. The number of aromatic nitrogens is 2. The third-order valence-corrected chi connectivity index (χ3v) is 4.61. The Morgan fingerprint density at radius 1 is 1.17 bits per heavy atom. The fraction of sp³-hybridized carbons (Fsp3) is 0.312. The zero-order valence-corrected chi connectivity index (χ0v) is 14.3. The van der Waals surface area contributed by atoms with Crippen molar-refractivity contribution in [2.45, 2.75) is 19.4 Å². The van der Waals surface area contributed by atoms with E-state index in [9.17, 15) is 9.59 Å². The second-order valence-corrected chi connectivity index (χ2v) is 6.34. The summed E-state index contributed by atoms with van der Waals surface area (Å²) in [4.78, 5) is 26.3. The van der Waals surface area contributed by atoms with Gasteiger partial charge in [0.1, 0.15) is 11.6 Å². The van der Waals surface area contributed by atoms with Crippen molar-refractivity contribution in [1.29, 1.82) is 0 Å². The molecule has 3 rings (SSSR count). The first kappa shape index (κ1) is 16.8. The zero-order valence-electron chi connectivity index (χ0n) is 12.8. The molecule has 1 fully saturated rings. The number of carbonyl (C=O) groups is 1. The van der Waals surface area contributed by atoms with Crippen molar-refractivity contribution >= 4 is 40.5 Å². The molecule has 126 valence electrons. The summed E-state index contributed by atoms with van der Waals surface area (Å²) in [7, 11) is 0. The molecule has 24 heavy (non-hydrogen) atoms. The van der Waals surface area contributed by atoms with Gasteiger partial charge in [-0.15, -0.1) is 0 Å². The van der Waals surface area contributed by atoms with Gasteiger partial charge in [-0.1, -0.05) is 23.2 Å². The van der Waals surface area contributed by atoms with Crippen LogP contribution in [0.2, 0.25) is 10.0 Å². The fourth-order valence-electron chi connectivity index (χ4n) is 2.63. The Hall–Kier alpha value is -2.05. The molecule has 1 N–H and O–H groups in total. The Morgan fingerprint density at radius 2 is 1.83 bits per heavy atom. The summed E-state index contributed by atoms with van der Waals surface area (Å²) < 4.78 is 0.974. The number of nitrogens with one attached hydrogen (secondary N) is 1. The Kier molecular flexibility index (Phi) is 5.06. The van der Waals surface area contributed by atoms with E-state index in [-0.39, 0.29) is 22.5 Å². The van der Waals surface area contributed by atoms with E-state index in [4.69, 9.17) is 23.2 Å².